The number of hydrogen-bond acceptors (Lipinski definition) is 4. The van der Waals surface area contributed by atoms with Gasteiger partial charge >= 0.3 is 0 Å². The molecule has 0 radical (unpaired) electrons. The van der Waals surface area contributed by atoms with Gasteiger partial charge in [-0.15, -0.1) is 11.3 Å². The Bertz CT molecular complexity index is 786. The Kier molecular flexibility index (Phi) is 3.69. The Labute approximate surface area is 116 Å². The zero-order valence-corrected chi connectivity index (χ0v) is 11.2. The highest BCUT2D eigenvalue weighted by molar-refractivity contribution is 7.94. The molecule has 0 aliphatic rings. The summed E-state index contributed by atoms with van der Waals surface area (Å²) in [6, 6.07) is 5.29. The summed E-state index contributed by atoms with van der Waals surface area (Å²) < 4.78 is 64.2. The lowest BCUT2D eigenvalue weighted by Gasteiger charge is -2.07. The topological polar surface area (TPSA) is 70.0 Å². The second-order valence-corrected chi connectivity index (χ2v) is 6.58. The molecule has 1 N–H and O–H groups in total. The maximum atomic E-state index is 13.0. The van der Waals surface area contributed by atoms with Crippen molar-refractivity contribution in [2.45, 2.75) is 4.21 Å². The SMILES string of the molecule is N#Cc1ccc(S(=O)(=O)Nc2cc(F)c(F)c(F)c2)s1. The van der Waals surface area contributed by atoms with Crippen LogP contribution in [0.4, 0.5) is 18.9 Å². The molecule has 0 spiro atoms. The monoisotopic (exact) mass is 318 g/mol. The summed E-state index contributed by atoms with van der Waals surface area (Å²) in [6.07, 6.45) is 0. The van der Waals surface area contributed by atoms with Crippen LogP contribution in [0, 0.1) is 28.8 Å². The van der Waals surface area contributed by atoms with Crippen molar-refractivity contribution in [1.29, 1.82) is 5.26 Å². The average Bonchev–Trinajstić information content (AvgIpc) is 2.85. The van der Waals surface area contributed by atoms with Gasteiger partial charge in [0.15, 0.2) is 17.5 Å². The third kappa shape index (κ3) is 2.76. The Hall–Kier alpha value is -2.05. The zero-order valence-electron chi connectivity index (χ0n) is 9.52. The molecule has 0 atom stereocenters. The van der Waals surface area contributed by atoms with Crippen molar-refractivity contribution < 1.29 is 21.6 Å². The van der Waals surface area contributed by atoms with E-state index >= 15 is 0 Å². The molecular formula is C11H5F3N2O2S2. The van der Waals surface area contributed by atoms with E-state index in [2.05, 4.69) is 0 Å². The van der Waals surface area contributed by atoms with Gasteiger partial charge in [-0.25, -0.2) is 21.6 Å². The number of nitrogens with zero attached hydrogens (tertiary/aromatic N) is 1. The van der Waals surface area contributed by atoms with E-state index in [1.165, 1.54) is 12.1 Å². The van der Waals surface area contributed by atoms with E-state index in [-0.39, 0.29) is 9.09 Å². The van der Waals surface area contributed by atoms with Gasteiger partial charge in [0.25, 0.3) is 10.0 Å². The molecule has 104 valence electrons. The third-order valence-electron chi connectivity index (χ3n) is 2.19. The molecule has 4 nitrogen and oxygen atoms in total. The molecule has 0 bridgehead atoms. The highest BCUT2D eigenvalue weighted by Gasteiger charge is 2.19. The summed E-state index contributed by atoms with van der Waals surface area (Å²) in [4.78, 5) is 0.168. The fourth-order valence-corrected chi connectivity index (χ4v) is 3.49. The van der Waals surface area contributed by atoms with Crippen LogP contribution in [0.25, 0.3) is 0 Å². The lowest BCUT2D eigenvalue weighted by molar-refractivity contribution is 0.448. The summed E-state index contributed by atoms with van der Waals surface area (Å²) in [5.74, 6) is -4.70. The van der Waals surface area contributed by atoms with Gasteiger partial charge in [-0.05, 0) is 12.1 Å². The molecule has 1 aromatic heterocycles. The Morgan fingerprint density at radius 2 is 1.75 bits per heavy atom. The lowest BCUT2D eigenvalue weighted by Crippen LogP contribution is -2.12. The molecule has 2 rings (SSSR count). The smallest absolute Gasteiger partial charge is 0.271 e. The van der Waals surface area contributed by atoms with Gasteiger partial charge in [0.2, 0.25) is 0 Å². The molecule has 0 saturated heterocycles. The largest absolute Gasteiger partial charge is 0.279 e. The van der Waals surface area contributed by atoms with Gasteiger partial charge in [-0.1, -0.05) is 0 Å². The number of anilines is 1. The van der Waals surface area contributed by atoms with Gasteiger partial charge < -0.3 is 0 Å². The fraction of sp³-hybridized carbons (Fsp3) is 0. The first-order valence-corrected chi connectivity index (χ1v) is 7.31. The standard InChI is InChI=1S/C11H5F3N2O2S2/c12-8-3-6(4-9(13)11(8)14)16-20(17,18)10-2-1-7(5-15)19-10/h1-4,16H. The zero-order chi connectivity index (χ0) is 14.9. The number of hydrogen-bond donors (Lipinski definition) is 1. The molecule has 1 heterocycles. The Morgan fingerprint density at radius 3 is 2.25 bits per heavy atom. The maximum Gasteiger partial charge on any atom is 0.271 e. The third-order valence-corrected chi connectivity index (χ3v) is 5.06. The van der Waals surface area contributed by atoms with Crippen LogP contribution in [0.15, 0.2) is 28.5 Å². The summed E-state index contributed by atoms with van der Waals surface area (Å²) in [6.45, 7) is 0. The van der Waals surface area contributed by atoms with Crippen LogP contribution in [0.3, 0.4) is 0 Å². The van der Waals surface area contributed by atoms with Gasteiger partial charge in [0.05, 0.1) is 5.69 Å². The van der Waals surface area contributed by atoms with Crippen molar-refractivity contribution in [3.05, 3.63) is 46.6 Å². The number of halogens is 3. The van der Waals surface area contributed by atoms with Crippen LogP contribution >= 0.6 is 11.3 Å². The number of nitriles is 1. The van der Waals surface area contributed by atoms with E-state index in [4.69, 9.17) is 5.26 Å². The van der Waals surface area contributed by atoms with Crippen LogP contribution in [0.1, 0.15) is 4.88 Å². The quantitative estimate of drug-likeness (QED) is 0.885. The van der Waals surface area contributed by atoms with E-state index < -0.39 is 33.2 Å². The molecule has 0 aliphatic carbocycles. The first-order chi connectivity index (χ1) is 9.33. The van der Waals surface area contributed by atoms with Gasteiger partial charge in [0, 0.05) is 12.1 Å². The van der Waals surface area contributed by atoms with Crippen LogP contribution in [0.5, 0.6) is 0 Å². The molecule has 20 heavy (non-hydrogen) atoms. The number of benzene rings is 1. The number of rotatable bonds is 3. The second kappa shape index (κ2) is 5.15. The molecule has 2 aromatic rings. The van der Waals surface area contributed by atoms with Crippen molar-refractivity contribution in [2.75, 3.05) is 4.72 Å². The second-order valence-electron chi connectivity index (χ2n) is 3.59. The van der Waals surface area contributed by atoms with Crippen molar-refractivity contribution >= 4 is 27.0 Å². The molecule has 1 aromatic carbocycles. The Morgan fingerprint density at radius 1 is 1.15 bits per heavy atom. The van der Waals surface area contributed by atoms with Crippen molar-refractivity contribution in [3.63, 3.8) is 0 Å². The normalized spacial score (nSPS) is 11.1. The van der Waals surface area contributed by atoms with E-state index in [1.807, 2.05) is 4.72 Å². The van der Waals surface area contributed by atoms with Crippen molar-refractivity contribution in [1.82, 2.24) is 0 Å². The molecule has 0 amide bonds. The van der Waals surface area contributed by atoms with E-state index in [1.54, 1.807) is 6.07 Å². The average molecular weight is 318 g/mol. The molecule has 9 heteroatoms. The summed E-state index contributed by atoms with van der Waals surface area (Å²) in [7, 11) is -4.09. The first kappa shape index (κ1) is 14.4. The van der Waals surface area contributed by atoms with Crippen LogP contribution in [-0.2, 0) is 10.0 Å². The number of thiophene rings is 1. The van der Waals surface area contributed by atoms with Crippen molar-refractivity contribution in [3.8, 4) is 6.07 Å². The lowest BCUT2D eigenvalue weighted by atomic mass is 10.3. The molecule has 0 fully saturated rings. The minimum Gasteiger partial charge on any atom is -0.279 e. The fourth-order valence-electron chi connectivity index (χ4n) is 1.34. The summed E-state index contributed by atoms with van der Waals surface area (Å²) in [5.41, 5.74) is -0.451. The predicted octanol–water partition coefficient (Wildman–Crippen LogP) is 2.84. The number of sulfonamides is 1. The highest BCUT2D eigenvalue weighted by Crippen LogP contribution is 2.25. The van der Waals surface area contributed by atoms with E-state index in [0.29, 0.717) is 23.5 Å². The van der Waals surface area contributed by atoms with Gasteiger partial charge in [-0.2, -0.15) is 5.26 Å². The minimum atomic E-state index is -4.09. The van der Waals surface area contributed by atoms with Crippen LogP contribution in [0.2, 0.25) is 0 Å². The predicted molar refractivity (Wildman–Crippen MR) is 66.2 cm³/mol. The van der Waals surface area contributed by atoms with Crippen LogP contribution < -0.4 is 4.72 Å². The summed E-state index contributed by atoms with van der Waals surface area (Å²) in [5, 5.41) is 8.61. The van der Waals surface area contributed by atoms with E-state index in [9.17, 15) is 21.6 Å². The van der Waals surface area contributed by atoms with Crippen molar-refractivity contribution in [2.24, 2.45) is 0 Å². The summed E-state index contributed by atoms with van der Waals surface area (Å²) >= 11 is 0.697. The minimum absolute atomic E-state index is 0.168. The molecule has 0 aliphatic heterocycles. The molecular weight excluding hydrogens is 313 g/mol. The highest BCUT2D eigenvalue weighted by atomic mass is 32.2. The number of nitrogens with one attached hydrogen (secondary N) is 1. The Balaban J connectivity index is 2.36. The first-order valence-electron chi connectivity index (χ1n) is 5.01. The molecule has 0 saturated carbocycles. The van der Waals surface area contributed by atoms with Crippen LogP contribution in [-0.4, -0.2) is 8.42 Å². The molecule has 0 unspecified atom stereocenters. The van der Waals surface area contributed by atoms with Gasteiger partial charge in [0.1, 0.15) is 15.2 Å². The van der Waals surface area contributed by atoms with E-state index in [0.717, 1.165) is 0 Å². The van der Waals surface area contributed by atoms with Gasteiger partial charge in [-0.3, -0.25) is 4.72 Å². The maximum absolute atomic E-state index is 13.0.